The summed E-state index contributed by atoms with van der Waals surface area (Å²) in [5.74, 6) is 0.596. The Morgan fingerprint density at radius 3 is 1.48 bits per heavy atom. The molecule has 164 valence electrons. The average molecular weight is 432 g/mol. The SMILES string of the molecule is CCN(CC)CC.CNOC.CON(C)C(=O)C1CC1.Cl.O=C(Cl)C1CC1. The van der Waals surface area contributed by atoms with Gasteiger partial charge in [-0.1, -0.05) is 20.8 Å². The van der Waals surface area contributed by atoms with E-state index in [2.05, 4.69) is 36.0 Å². The summed E-state index contributed by atoms with van der Waals surface area (Å²) in [5.41, 5.74) is 2.43. The van der Waals surface area contributed by atoms with Crippen molar-refractivity contribution in [1.29, 1.82) is 0 Å². The van der Waals surface area contributed by atoms with Gasteiger partial charge in [0, 0.05) is 25.9 Å². The Bertz CT molecular complexity index is 357. The van der Waals surface area contributed by atoms with E-state index in [-0.39, 0.29) is 35.4 Å². The number of hydroxylamine groups is 3. The molecule has 0 heterocycles. The van der Waals surface area contributed by atoms with Crippen molar-refractivity contribution in [2.45, 2.75) is 46.5 Å². The first-order chi connectivity index (χ1) is 12.3. The number of nitrogens with zero attached hydrogens (tertiary/aromatic N) is 2. The Balaban J connectivity index is -0.000000292. The number of amides is 1. The summed E-state index contributed by atoms with van der Waals surface area (Å²) in [4.78, 5) is 32.3. The molecule has 2 fully saturated rings. The first-order valence-corrected chi connectivity index (χ1v) is 9.63. The topological polar surface area (TPSA) is 71.1 Å². The number of halogens is 2. The van der Waals surface area contributed by atoms with Crippen molar-refractivity contribution in [2.75, 3.05) is 47.9 Å². The van der Waals surface area contributed by atoms with E-state index in [1.54, 1.807) is 21.2 Å². The van der Waals surface area contributed by atoms with Crippen molar-refractivity contribution in [1.82, 2.24) is 15.4 Å². The molecule has 2 saturated carbocycles. The largest absolute Gasteiger partial charge is 0.305 e. The third kappa shape index (κ3) is 20.1. The molecule has 27 heavy (non-hydrogen) atoms. The van der Waals surface area contributed by atoms with Crippen LogP contribution in [0.2, 0.25) is 0 Å². The normalized spacial score (nSPS) is 14.3. The summed E-state index contributed by atoms with van der Waals surface area (Å²) >= 11 is 5.04. The van der Waals surface area contributed by atoms with Gasteiger partial charge < -0.3 is 9.74 Å². The summed E-state index contributed by atoms with van der Waals surface area (Å²) in [5, 5.41) is 1.13. The second-order valence-electron chi connectivity index (χ2n) is 5.90. The van der Waals surface area contributed by atoms with Crippen molar-refractivity contribution in [3.05, 3.63) is 0 Å². The summed E-state index contributed by atoms with van der Waals surface area (Å²) in [6, 6.07) is 0. The number of carbonyl (C=O) groups excluding carboxylic acids is 2. The average Bonchev–Trinajstić information content (AvgIpc) is 3.55. The number of rotatable bonds is 7. The molecule has 7 nitrogen and oxygen atoms in total. The zero-order valence-corrected chi connectivity index (χ0v) is 19.5. The smallest absolute Gasteiger partial charge is 0.248 e. The van der Waals surface area contributed by atoms with Crippen LogP contribution >= 0.6 is 24.0 Å². The van der Waals surface area contributed by atoms with Gasteiger partial charge in [-0.2, -0.15) is 0 Å². The van der Waals surface area contributed by atoms with Gasteiger partial charge in [0.25, 0.3) is 0 Å². The molecule has 0 unspecified atom stereocenters. The van der Waals surface area contributed by atoms with Gasteiger partial charge in [-0.25, -0.2) is 10.5 Å². The minimum absolute atomic E-state index is 0. The van der Waals surface area contributed by atoms with Crippen LogP contribution in [0.3, 0.4) is 0 Å². The Kier molecular flexibility index (Phi) is 23.5. The Hall–Kier alpha value is -0.440. The predicted octanol–water partition coefficient (Wildman–Crippen LogP) is 3.12. The highest BCUT2D eigenvalue weighted by Crippen LogP contribution is 2.31. The number of carbonyl (C=O) groups is 2. The van der Waals surface area contributed by atoms with E-state index in [0.717, 1.165) is 25.7 Å². The van der Waals surface area contributed by atoms with Gasteiger partial charge >= 0.3 is 0 Å². The third-order valence-electron chi connectivity index (χ3n) is 3.95. The second-order valence-corrected chi connectivity index (χ2v) is 6.27. The first-order valence-electron chi connectivity index (χ1n) is 9.25. The summed E-state index contributed by atoms with van der Waals surface area (Å²) in [7, 11) is 6.42. The van der Waals surface area contributed by atoms with Gasteiger partial charge in [-0.05, 0) is 56.9 Å². The summed E-state index contributed by atoms with van der Waals surface area (Å²) in [6.45, 7) is 10.1. The fourth-order valence-corrected chi connectivity index (χ4v) is 1.88. The van der Waals surface area contributed by atoms with Gasteiger partial charge in [0.2, 0.25) is 11.1 Å². The zero-order valence-electron chi connectivity index (χ0n) is 17.9. The van der Waals surface area contributed by atoms with Crippen LogP contribution < -0.4 is 5.48 Å². The Labute approximate surface area is 176 Å². The van der Waals surface area contributed by atoms with Crippen LogP contribution in [0.15, 0.2) is 0 Å². The highest BCUT2D eigenvalue weighted by molar-refractivity contribution is 6.64. The van der Waals surface area contributed by atoms with Crippen LogP contribution in [0.1, 0.15) is 46.5 Å². The maximum absolute atomic E-state index is 10.9. The second kappa shape index (κ2) is 20.3. The van der Waals surface area contributed by atoms with E-state index in [1.807, 2.05) is 0 Å². The molecule has 0 atom stereocenters. The molecule has 2 aliphatic carbocycles. The fraction of sp³-hybridized carbons (Fsp3) is 0.889. The van der Waals surface area contributed by atoms with E-state index < -0.39 is 0 Å². The number of nitrogens with one attached hydrogen (secondary N) is 1. The molecule has 2 aliphatic rings. The zero-order chi connectivity index (χ0) is 20.5. The minimum Gasteiger partial charge on any atom is -0.305 e. The van der Waals surface area contributed by atoms with Gasteiger partial charge in [-0.15, -0.1) is 12.4 Å². The van der Waals surface area contributed by atoms with Crippen molar-refractivity contribution < 1.29 is 19.3 Å². The van der Waals surface area contributed by atoms with Crippen LogP contribution in [0.25, 0.3) is 0 Å². The van der Waals surface area contributed by atoms with E-state index in [0.29, 0.717) is 0 Å². The van der Waals surface area contributed by atoms with Gasteiger partial charge in [0.05, 0.1) is 14.2 Å². The Morgan fingerprint density at radius 1 is 1.00 bits per heavy atom. The quantitative estimate of drug-likeness (QED) is 0.493. The Morgan fingerprint density at radius 2 is 1.37 bits per heavy atom. The molecule has 2 rings (SSSR count). The van der Waals surface area contributed by atoms with Gasteiger partial charge in [0.1, 0.15) is 0 Å². The lowest BCUT2D eigenvalue weighted by Gasteiger charge is -2.13. The lowest BCUT2D eigenvalue weighted by Crippen LogP contribution is -2.26. The fourth-order valence-electron chi connectivity index (χ4n) is 1.66. The van der Waals surface area contributed by atoms with Crippen LogP contribution in [-0.4, -0.2) is 69.1 Å². The minimum atomic E-state index is -0.157. The molecule has 1 amide bonds. The van der Waals surface area contributed by atoms with Crippen LogP contribution in [0, 0.1) is 11.8 Å². The molecule has 0 aliphatic heterocycles. The van der Waals surface area contributed by atoms with Crippen molar-refractivity contribution in [2.24, 2.45) is 11.8 Å². The van der Waals surface area contributed by atoms with Crippen molar-refractivity contribution in [3.8, 4) is 0 Å². The standard InChI is InChI=1S/C6H11NO2.C6H15N.C4H5ClO.C2H7NO.ClH/c1-7(9-2)6(8)5-3-4-5;1-4-7(5-2)6-3;5-4(6)3-1-2-3;1-3-4-2;/h5H,3-4H2,1-2H3;4-6H2,1-3H3;3H,1-2H2;3H,1-2H3;1H. The van der Waals surface area contributed by atoms with Crippen molar-refractivity contribution in [3.63, 3.8) is 0 Å². The monoisotopic (exact) mass is 431 g/mol. The van der Waals surface area contributed by atoms with E-state index in [1.165, 1.54) is 31.8 Å². The number of hydrogen-bond donors (Lipinski definition) is 1. The molecule has 9 heteroatoms. The molecular formula is C18H39Cl2N3O4. The molecule has 0 saturated heterocycles. The maximum Gasteiger partial charge on any atom is 0.248 e. The molecule has 0 aromatic heterocycles. The molecule has 1 N–H and O–H groups in total. The first kappa shape index (κ1) is 31.3. The molecule has 0 spiro atoms. The van der Waals surface area contributed by atoms with Crippen molar-refractivity contribution >= 4 is 35.2 Å². The molecular weight excluding hydrogens is 393 g/mol. The summed E-state index contributed by atoms with van der Waals surface area (Å²) < 4.78 is 0. The van der Waals surface area contributed by atoms with E-state index >= 15 is 0 Å². The molecule has 0 aromatic carbocycles. The highest BCUT2D eigenvalue weighted by atomic mass is 35.5. The lowest BCUT2D eigenvalue weighted by atomic mass is 10.4. The molecule has 0 radical (unpaired) electrons. The van der Waals surface area contributed by atoms with Crippen LogP contribution in [0.4, 0.5) is 0 Å². The van der Waals surface area contributed by atoms with Crippen LogP contribution in [-0.2, 0) is 19.3 Å². The lowest BCUT2D eigenvalue weighted by molar-refractivity contribution is -0.170. The van der Waals surface area contributed by atoms with Gasteiger partial charge in [0.15, 0.2) is 0 Å². The van der Waals surface area contributed by atoms with E-state index in [4.69, 9.17) is 16.4 Å². The summed E-state index contributed by atoms with van der Waals surface area (Å²) in [6.07, 6.45) is 4.10. The highest BCUT2D eigenvalue weighted by Gasteiger charge is 2.32. The predicted molar refractivity (Wildman–Crippen MR) is 113 cm³/mol. The maximum atomic E-state index is 10.9. The third-order valence-corrected chi connectivity index (χ3v) is 4.26. The molecule has 0 aromatic rings. The number of hydrogen-bond acceptors (Lipinski definition) is 6. The van der Waals surface area contributed by atoms with Gasteiger partial charge in [-0.3, -0.25) is 14.4 Å². The molecule has 0 bridgehead atoms. The van der Waals surface area contributed by atoms with Crippen LogP contribution in [0.5, 0.6) is 0 Å². The van der Waals surface area contributed by atoms with E-state index in [9.17, 15) is 9.59 Å².